The number of halogens is 1. The SMILES string of the molecule is Cc1ccc2nc3ccc(Nc4ccccc4)cc3[n+](-c3ccc(F)cc3)c2c1. The summed E-state index contributed by atoms with van der Waals surface area (Å²) in [5, 5.41) is 3.44. The topological polar surface area (TPSA) is 28.8 Å². The van der Waals surface area contributed by atoms with Gasteiger partial charge in [-0.05, 0) is 55.0 Å². The average Bonchev–Trinajstić information content (AvgIpc) is 2.74. The second-order valence-electron chi connectivity index (χ2n) is 7.11. The minimum atomic E-state index is -0.250. The molecule has 5 rings (SSSR count). The Balaban J connectivity index is 1.78. The highest BCUT2D eigenvalue weighted by Crippen LogP contribution is 2.23. The molecule has 1 aromatic heterocycles. The fourth-order valence-electron chi connectivity index (χ4n) is 3.60. The van der Waals surface area contributed by atoms with Crippen LogP contribution in [0, 0.1) is 12.7 Å². The standard InChI is InChI=1S/C25H18FN3/c1-17-7-13-22-24(15-17)29(21-11-8-18(26)9-12-21)25-16-20(10-14-23(25)28-22)27-19-5-3-2-4-6-19/h2-16H,1H3/p+1. The third-order valence-corrected chi connectivity index (χ3v) is 4.98. The van der Waals surface area contributed by atoms with Crippen molar-refractivity contribution in [1.82, 2.24) is 4.98 Å². The molecule has 140 valence electrons. The van der Waals surface area contributed by atoms with Gasteiger partial charge >= 0.3 is 0 Å². The Labute approximate surface area is 168 Å². The number of hydrogen-bond acceptors (Lipinski definition) is 2. The molecular formula is C25H19FN3+. The van der Waals surface area contributed by atoms with Crippen LogP contribution in [0.4, 0.5) is 15.8 Å². The van der Waals surface area contributed by atoms with Crippen LogP contribution in [0.2, 0.25) is 0 Å². The van der Waals surface area contributed by atoms with E-state index in [1.807, 2.05) is 48.5 Å². The Morgan fingerprint density at radius 2 is 1.41 bits per heavy atom. The highest BCUT2D eigenvalue weighted by atomic mass is 19.1. The van der Waals surface area contributed by atoms with E-state index in [0.717, 1.165) is 44.7 Å². The highest BCUT2D eigenvalue weighted by Gasteiger charge is 2.20. The number of aryl methyl sites for hydroxylation is 1. The van der Waals surface area contributed by atoms with Gasteiger partial charge in [0.15, 0.2) is 0 Å². The molecule has 4 heteroatoms. The molecule has 0 radical (unpaired) electrons. The number of anilines is 2. The molecule has 0 spiro atoms. The first-order chi connectivity index (χ1) is 14.2. The van der Waals surface area contributed by atoms with Crippen LogP contribution in [-0.2, 0) is 0 Å². The Morgan fingerprint density at radius 3 is 2.17 bits per heavy atom. The lowest BCUT2D eigenvalue weighted by Gasteiger charge is -2.09. The zero-order valence-electron chi connectivity index (χ0n) is 15.9. The third kappa shape index (κ3) is 3.29. The van der Waals surface area contributed by atoms with Crippen LogP contribution in [0.3, 0.4) is 0 Å². The van der Waals surface area contributed by atoms with Crippen molar-refractivity contribution < 1.29 is 8.96 Å². The second kappa shape index (κ2) is 6.99. The molecule has 0 saturated heterocycles. The lowest BCUT2D eigenvalue weighted by Crippen LogP contribution is -2.33. The number of para-hydroxylation sites is 1. The van der Waals surface area contributed by atoms with Gasteiger partial charge in [0.1, 0.15) is 16.9 Å². The van der Waals surface area contributed by atoms with Crippen molar-refractivity contribution in [3.8, 4) is 5.69 Å². The first-order valence-corrected chi connectivity index (χ1v) is 9.52. The van der Waals surface area contributed by atoms with Crippen LogP contribution in [-0.4, -0.2) is 4.98 Å². The van der Waals surface area contributed by atoms with Gasteiger partial charge in [0.2, 0.25) is 16.7 Å². The lowest BCUT2D eigenvalue weighted by molar-refractivity contribution is -0.538. The van der Waals surface area contributed by atoms with E-state index >= 15 is 0 Å². The second-order valence-corrected chi connectivity index (χ2v) is 7.11. The summed E-state index contributed by atoms with van der Waals surface area (Å²) in [6.45, 7) is 2.06. The molecule has 1 heterocycles. The fourth-order valence-corrected chi connectivity index (χ4v) is 3.60. The van der Waals surface area contributed by atoms with Crippen molar-refractivity contribution in [2.24, 2.45) is 0 Å². The third-order valence-electron chi connectivity index (χ3n) is 4.98. The van der Waals surface area contributed by atoms with E-state index in [0.29, 0.717) is 0 Å². The molecule has 0 aliphatic heterocycles. The van der Waals surface area contributed by atoms with Gasteiger partial charge in [-0.1, -0.05) is 24.3 Å². The van der Waals surface area contributed by atoms with E-state index in [-0.39, 0.29) is 5.82 Å². The van der Waals surface area contributed by atoms with E-state index in [4.69, 9.17) is 4.98 Å². The fraction of sp³-hybridized carbons (Fsp3) is 0.0400. The first kappa shape index (κ1) is 17.3. The van der Waals surface area contributed by atoms with Crippen molar-refractivity contribution in [2.45, 2.75) is 6.92 Å². The largest absolute Gasteiger partial charge is 0.355 e. The van der Waals surface area contributed by atoms with Crippen LogP contribution in [0.5, 0.6) is 0 Å². The maximum absolute atomic E-state index is 13.6. The molecule has 0 bridgehead atoms. The Morgan fingerprint density at radius 1 is 0.724 bits per heavy atom. The molecule has 0 aliphatic rings. The van der Waals surface area contributed by atoms with Crippen molar-refractivity contribution >= 4 is 33.4 Å². The van der Waals surface area contributed by atoms with Gasteiger partial charge in [-0.15, -0.1) is 4.57 Å². The van der Waals surface area contributed by atoms with Gasteiger partial charge in [0, 0.05) is 35.6 Å². The summed E-state index contributed by atoms with van der Waals surface area (Å²) in [5.74, 6) is -0.250. The molecule has 3 nitrogen and oxygen atoms in total. The van der Waals surface area contributed by atoms with Crippen LogP contribution in [0.1, 0.15) is 5.56 Å². The minimum Gasteiger partial charge on any atom is -0.355 e. The number of benzene rings is 4. The molecule has 0 saturated carbocycles. The molecule has 5 aromatic rings. The van der Waals surface area contributed by atoms with E-state index in [1.165, 1.54) is 12.1 Å². The predicted molar refractivity (Wildman–Crippen MR) is 115 cm³/mol. The summed E-state index contributed by atoms with van der Waals surface area (Å²) in [7, 11) is 0. The summed E-state index contributed by atoms with van der Waals surface area (Å²) in [5.41, 5.74) is 7.74. The molecule has 29 heavy (non-hydrogen) atoms. The van der Waals surface area contributed by atoms with Gasteiger partial charge in [0.05, 0.1) is 0 Å². The highest BCUT2D eigenvalue weighted by molar-refractivity contribution is 5.85. The zero-order chi connectivity index (χ0) is 19.8. The monoisotopic (exact) mass is 380 g/mol. The number of rotatable bonds is 3. The normalized spacial score (nSPS) is 11.1. The van der Waals surface area contributed by atoms with Crippen LogP contribution in [0.15, 0.2) is 91.0 Å². The van der Waals surface area contributed by atoms with Gasteiger partial charge in [0.25, 0.3) is 0 Å². The molecule has 4 aromatic carbocycles. The van der Waals surface area contributed by atoms with Gasteiger partial charge in [-0.3, -0.25) is 0 Å². The summed E-state index contributed by atoms with van der Waals surface area (Å²) in [6, 6.07) is 28.9. The maximum atomic E-state index is 13.6. The van der Waals surface area contributed by atoms with Crippen molar-refractivity contribution in [3.63, 3.8) is 0 Å². The maximum Gasteiger partial charge on any atom is 0.239 e. The molecule has 0 aliphatic carbocycles. The molecule has 0 fully saturated rings. The van der Waals surface area contributed by atoms with Gasteiger partial charge in [-0.2, -0.15) is 0 Å². The van der Waals surface area contributed by atoms with Crippen LogP contribution >= 0.6 is 0 Å². The van der Waals surface area contributed by atoms with Gasteiger partial charge in [-0.25, -0.2) is 9.37 Å². The van der Waals surface area contributed by atoms with Gasteiger partial charge < -0.3 is 5.32 Å². The molecule has 0 amide bonds. The van der Waals surface area contributed by atoms with Crippen LogP contribution in [0.25, 0.3) is 27.8 Å². The Bertz CT molecular complexity index is 1330. The predicted octanol–water partition coefficient (Wildman–Crippen LogP) is 5.86. The van der Waals surface area contributed by atoms with E-state index in [2.05, 4.69) is 35.0 Å². The number of nitrogens with one attached hydrogen (secondary N) is 1. The summed E-state index contributed by atoms with van der Waals surface area (Å²) in [6.07, 6.45) is 0. The van der Waals surface area contributed by atoms with E-state index < -0.39 is 0 Å². The number of nitrogens with zero attached hydrogens (tertiary/aromatic N) is 2. The molecule has 0 unspecified atom stereocenters. The van der Waals surface area contributed by atoms with Crippen molar-refractivity contribution in [2.75, 3.05) is 5.32 Å². The zero-order valence-corrected chi connectivity index (χ0v) is 15.9. The lowest BCUT2D eigenvalue weighted by atomic mass is 10.1. The minimum absolute atomic E-state index is 0.250. The average molecular weight is 380 g/mol. The van der Waals surface area contributed by atoms with Crippen LogP contribution < -0.4 is 9.88 Å². The van der Waals surface area contributed by atoms with E-state index in [1.54, 1.807) is 12.1 Å². The van der Waals surface area contributed by atoms with Crippen molar-refractivity contribution in [3.05, 3.63) is 102 Å². The molecular weight excluding hydrogens is 361 g/mol. The number of aromatic nitrogens is 2. The summed E-state index contributed by atoms with van der Waals surface area (Å²) >= 11 is 0. The van der Waals surface area contributed by atoms with Crippen molar-refractivity contribution in [1.29, 1.82) is 0 Å². The Kier molecular flexibility index (Phi) is 4.17. The van der Waals surface area contributed by atoms with E-state index in [9.17, 15) is 4.39 Å². The first-order valence-electron chi connectivity index (χ1n) is 9.52. The molecule has 1 N–H and O–H groups in total. The smallest absolute Gasteiger partial charge is 0.239 e. The number of hydrogen-bond donors (Lipinski definition) is 1. The number of fused-ring (bicyclic) bond motifs is 2. The Hall–Kier alpha value is -3.79. The molecule has 0 atom stereocenters. The summed E-state index contributed by atoms with van der Waals surface area (Å²) in [4.78, 5) is 4.85. The quantitative estimate of drug-likeness (QED) is 0.314. The summed E-state index contributed by atoms with van der Waals surface area (Å²) < 4.78 is 15.7.